The summed E-state index contributed by atoms with van der Waals surface area (Å²) in [5, 5.41) is 4.01. The van der Waals surface area contributed by atoms with Crippen LogP contribution in [-0.4, -0.2) is 20.9 Å². The summed E-state index contributed by atoms with van der Waals surface area (Å²) in [6.07, 6.45) is 6.20. The Labute approximate surface area is 88.0 Å². The van der Waals surface area contributed by atoms with Crippen LogP contribution in [0.4, 0.5) is 0 Å². The number of rotatable bonds is 4. The minimum atomic E-state index is 0.155. The van der Waals surface area contributed by atoms with Crippen molar-refractivity contribution in [2.45, 2.75) is 19.9 Å². The first-order valence-corrected chi connectivity index (χ1v) is 4.73. The molecule has 6 heteroatoms. The molecular weight excluding hydrogens is 198 g/mol. The van der Waals surface area contributed by atoms with Gasteiger partial charge in [0, 0.05) is 6.54 Å². The molecule has 14 heavy (non-hydrogen) atoms. The van der Waals surface area contributed by atoms with Crippen LogP contribution in [0.3, 0.4) is 0 Å². The van der Waals surface area contributed by atoms with Gasteiger partial charge < -0.3 is 10.3 Å². The molecule has 0 atom stereocenters. The van der Waals surface area contributed by atoms with Crippen LogP contribution < -0.4 is 11.2 Å². The summed E-state index contributed by atoms with van der Waals surface area (Å²) < 4.78 is 2.00. The maximum absolute atomic E-state index is 5.21. The zero-order valence-electron chi connectivity index (χ0n) is 7.97. The van der Waals surface area contributed by atoms with E-state index in [0.29, 0.717) is 0 Å². The molecule has 76 valence electrons. The predicted molar refractivity (Wildman–Crippen MR) is 60.0 cm³/mol. The van der Waals surface area contributed by atoms with E-state index in [1.54, 1.807) is 18.7 Å². The van der Waals surface area contributed by atoms with Crippen LogP contribution in [0.5, 0.6) is 0 Å². The van der Waals surface area contributed by atoms with Gasteiger partial charge in [0.25, 0.3) is 0 Å². The lowest BCUT2D eigenvalue weighted by Crippen LogP contribution is -2.24. The minimum absolute atomic E-state index is 0.155. The average molecular weight is 211 g/mol. The van der Waals surface area contributed by atoms with Gasteiger partial charge >= 0.3 is 0 Å². The van der Waals surface area contributed by atoms with Gasteiger partial charge in [0.05, 0.1) is 24.4 Å². The third-order valence-electron chi connectivity index (χ3n) is 1.58. The van der Waals surface area contributed by atoms with Crippen molar-refractivity contribution in [2.75, 3.05) is 0 Å². The van der Waals surface area contributed by atoms with Crippen molar-refractivity contribution in [3.63, 3.8) is 0 Å². The number of aryl methyl sites for hydroxylation is 1. The molecule has 3 N–H and O–H groups in total. The summed E-state index contributed by atoms with van der Waals surface area (Å²) in [5.41, 5.74) is 8.63. The van der Waals surface area contributed by atoms with Crippen molar-refractivity contribution in [3.8, 4) is 0 Å². The monoisotopic (exact) mass is 211 g/mol. The minimum Gasteiger partial charge on any atom is -0.375 e. The van der Waals surface area contributed by atoms with E-state index in [2.05, 4.69) is 34.7 Å². The third kappa shape index (κ3) is 3.14. The zero-order valence-corrected chi connectivity index (χ0v) is 8.79. The number of hydrogen-bond acceptors (Lipinski definition) is 3. The average Bonchev–Trinajstić information content (AvgIpc) is 2.53. The lowest BCUT2D eigenvalue weighted by molar-refractivity contribution is 0.674. The van der Waals surface area contributed by atoms with Crippen molar-refractivity contribution in [2.24, 2.45) is 10.8 Å². The van der Waals surface area contributed by atoms with E-state index in [-0.39, 0.29) is 5.11 Å². The molecule has 0 amide bonds. The first-order valence-electron chi connectivity index (χ1n) is 4.32. The van der Waals surface area contributed by atoms with Crippen LogP contribution in [0.15, 0.2) is 17.6 Å². The maximum Gasteiger partial charge on any atom is 0.184 e. The molecule has 0 saturated heterocycles. The van der Waals surface area contributed by atoms with Crippen molar-refractivity contribution in [3.05, 3.63) is 18.2 Å². The zero-order chi connectivity index (χ0) is 10.4. The molecule has 0 saturated carbocycles. The van der Waals surface area contributed by atoms with Crippen molar-refractivity contribution in [1.29, 1.82) is 0 Å². The predicted octanol–water partition coefficient (Wildman–Crippen LogP) is 0.460. The fraction of sp³-hybridized carbons (Fsp3) is 0.375. The number of nitrogens with one attached hydrogen (secondary N) is 1. The van der Waals surface area contributed by atoms with Crippen LogP contribution in [0, 0.1) is 0 Å². The number of thiocarbonyl (C=S) groups is 1. The molecule has 1 aromatic heterocycles. The summed E-state index contributed by atoms with van der Waals surface area (Å²) in [6.45, 7) is 3.03. The Morgan fingerprint density at radius 1 is 1.86 bits per heavy atom. The van der Waals surface area contributed by atoms with Gasteiger partial charge in [-0.1, -0.05) is 6.92 Å². The fourth-order valence-corrected chi connectivity index (χ4v) is 1.08. The summed E-state index contributed by atoms with van der Waals surface area (Å²) in [6, 6.07) is 0. The highest BCUT2D eigenvalue weighted by Crippen LogP contribution is 1.96. The third-order valence-corrected chi connectivity index (χ3v) is 1.67. The van der Waals surface area contributed by atoms with Crippen LogP contribution in [0.2, 0.25) is 0 Å². The number of imidazole rings is 1. The number of nitrogens with two attached hydrogens (primary N) is 1. The highest BCUT2D eigenvalue weighted by atomic mass is 32.1. The molecule has 0 aromatic carbocycles. The number of hydrazone groups is 1. The van der Waals surface area contributed by atoms with Gasteiger partial charge in [-0.25, -0.2) is 4.98 Å². The smallest absolute Gasteiger partial charge is 0.184 e. The Kier molecular flexibility index (Phi) is 4.06. The van der Waals surface area contributed by atoms with Crippen LogP contribution in [0.1, 0.15) is 19.0 Å². The Bertz CT molecular complexity index is 330. The van der Waals surface area contributed by atoms with Gasteiger partial charge in [-0.15, -0.1) is 0 Å². The van der Waals surface area contributed by atoms with Gasteiger partial charge in [0.2, 0.25) is 0 Å². The molecule has 1 aromatic rings. The second kappa shape index (κ2) is 5.33. The first-order chi connectivity index (χ1) is 6.74. The van der Waals surface area contributed by atoms with E-state index in [9.17, 15) is 0 Å². The Morgan fingerprint density at radius 3 is 3.29 bits per heavy atom. The van der Waals surface area contributed by atoms with Crippen LogP contribution >= 0.6 is 12.2 Å². The first kappa shape index (κ1) is 10.6. The second-order valence-electron chi connectivity index (χ2n) is 2.75. The Hall–Kier alpha value is -1.43. The van der Waals surface area contributed by atoms with E-state index >= 15 is 0 Å². The summed E-state index contributed by atoms with van der Waals surface area (Å²) in [7, 11) is 0. The van der Waals surface area contributed by atoms with Gasteiger partial charge in [0.1, 0.15) is 0 Å². The molecule has 5 nitrogen and oxygen atoms in total. The summed E-state index contributed by atoms with van der Waals surface area (Å²) in [4.78, 5) is 4.02. The molecule has 0 bridgehead atoms. The van der Waals surface area contributed by atoms with Gasteiger partial charge in [-0.3, -0.25) is 5.43 Å². The SMILES string of the molecule is CCCn1cncc1C=NNC(N)=S. The molecule has 0 fully saturated rings. The maximum atomic E-state index is 5.21. The van der Waals surface area contributed by atoms with Gasteiger partial charge in [-0.05, 0) is 18.6 Å². The van der Waals surface area contributed by atoms with Crippen molar-refractivity contribution >= 4 is 23.5 Å². The lowest BCUT2D eigenvalue weighted by atomic mass is 10.4. The molecular formula is C8H13N5S. The number of nitrogens with zero attached hydrogens (tertiary/aromatic N) is 3. The molecule has 0 aliphatic heterocycles. The highest BCUT2D eigenvalue weighted by Gasteiger charge is 1.96. The van der Waals surface area contributed by atoms with Crippen molar-refractivity contribution < 1.29 is 0 Å². The second-order valence-corrected chi connectivity index (χ2v) is 3.19. The fourth-order valence-electron chi connectivity index (χ4n) is 1.03. The quantitative estimate of drug-likeness (QED) is 0.431. The lowest BCUT2D eigenvalue weighted by Gasteiger charge is -2.01. The Balaban J connectivity index is 2.61. The number of aromatic nitrogens is 2. The molecule has 0 aliphatic rings. The van der Waals surface area contributed by atoms with Crippen LogP contribution in [-0.2, 0) is 6.54 Å². The summed E-state index contributed by atoms with van der Waals surface area (Å²) >= 11 is 4.60. The molecule has 0 radical (unpaired) electrons. The Morgan fingerprint density at radius 2 is 2.64 bits per heavy atom. The van der Waals surface area contributed by atoms with Crippen LogP contribution in [0.25, 0.3) is 0 Å². The van der Waals surface area contributed by atoms with Gasteiger partial charge in [-0.2, -0.15) is 5.10 Å². The van der Waals surface area contributed by atoms with E-state index in [1.165, 1.54) is 0 Å². The highest BCUT2D eigenvalue weighted by molar-refractivity contribution is 7.80. The van der Waals surface area contributed by atoms with E-state index in [1.807, 2.05) is 4.57 Å². The largest absolute Gasteiger partial charge is 0.375 e. The summed E-state index contributed by atoms with van der Waals surface area (Å²) in [5.74, 6) is 0. The topological polar surface area (TPSA) is 68.2 Å². The molecule has 1 heterocycles. The number of hydrogen-bond donors (Lipinski definition) is 2. The van der Waals surface area contributed by atoms with E-state index in [4.69, 9.17) is 5.73 Å². The molecule has 1 rings (SSSR count). The molecule has 0 aliphatic carbocycles. The molecule has 0 unspecified atom stereocenters. The van der Waals surface area contributed by atoms with Gasteiger partial charge in [0.15, 0.2) is 5.11 Å². The van der Waals surface area contributed by atoms with Crippen molar-refractivity contribution in [1.82, 2.24) is 15.0 Å². The molecule has 0 spiro atoms. The van der Waals surface area contributed by atoms with E-state index < -0.39 is 0 Å². The standard InChI is InChI=1S/C8H13N5S/c1-2-3-13-6-10-4-7(13)5-11-12-8(9)14/h4-6H,2-3H2,1H3,(H3,9,12,14). The van der Waals surface area contributed by atoms with E-state index in [0.717, 1.165) is 18.7 Å². The normalized spacial score (nSPS) is 10.6.